The van der Waals surface area contributed by atoms with Gasteiger partial charge >= 0.3 is 0 Å². The van der Waals surface area contributed by atoms with E-state index in [2.05, 4.69) is 22.4 Å². The van der Waals surface area contributed by atoms with Crippen molar-refractivity contribution in [1.29, 1.82) is 0 Å². The lowest BCUT2D eigenvalue weighted by Gasteiger charge is -2.13. The van der Waals surface area contributed by atoms with Gasteiger partial charge < -0.3 is 10.1 Å². The van der Waals surface area contributed by atoms with E-state index in [1.807, 2.05) is 38.1 Å². The summed E-state index contributed by atoms with van der Waals surface area (Å²) in [4.78, 5) is 16.0. The third kappa shape index (κ3) is 4.97. The van der Waals surface area contributed by atoms with Crippen molar-refractivity contribution in [3.05, 3.63) is 65.5 Å². The Balaban J connectivity index is 1.65. The monoisotopic (exact) mass is 298 g/mol. The van der Waals surface area contributed by atoms with Gasteiger partial charge in [-0.1, -0.05) is 30.3 Å². The van der Waals surface area contributed by atoms with Crippen molar-refractivity contribution in [1.82, 2.24) is 10.3 Å². The Morgan fingerprint density at radius 2 is 2.00 bits per heavy atom. The summed E-state index contributed by atoms with van der Waals surface area (Å²) in [7, 11) is 0. The van der Waals surface area contributed by atoms with E-state index in [0.717, 1.165) is 17.7 Å². The number of amides is 1. The van der Waals surface area contributed by atoms with Gasteiger partial charge in [0, 0.05) is 25.0 Å². The van der Waals surface area contributed by atoms with Gasteiger partial charge in [0.2, 0.25) is 0 Å². The molecular weight excluding hydrogens is 276 g/mol. The standard InChI is InChI=1S/C18H22N2O2/c1-14-9-10-17(13-20-14)18(21)19-11-6-12-22-15(2)16-7-4-3-5-8-16/h3-5,7-10,13,15H,6,11-12H2,1-2H3,(H,19,21)/t15-/m0/s1. The van der Waals surface area contributed by atoms with Crippen molar-refractivity contribution >= 4 is 5.91 Å². The largest absolute Gasteiger partial charge is 0.374 e. The summed E-state index contributed by atoms with van der Waals surface area (Å²) in [5.74, 6) is -0.0939. The summed E-state index contributed by atoms with van der Waals surface area (Å²) < 4.78 is 5.77. The summed E-state index contributed by atoms with van der Waals surface area (Å²) >= 11 is 0. The molecule has 1 aromatic heterocycles. The van der Waals surface area contributed by atoms with E-state index >= 15 is 0 Å². The van der Waals surface area contributed by atoms with Crippen LogP contribution in [0.3, 0.4) is 0 Å². The maximum absolute atomic E-state index is 11.9. The third-order valence-corrected chi connectivity index (χ3v) is 3.42. The number of aryl methyl sites for hydroxylation is 1. The molecule has 0 unspecified atom stereocenters. The fraction of sp³-hybridized carbons (Fsp3) is 0.333. The molecular formula is C18H22N2O2. The topological polar surface area (TPSA) is 51.2 Å². The number of rotatable bonds is 7. The molecule has 0 bridgehead atoms. The van der Waals surface area contributed by atoms with Crippen molar-refractivity contribution in [2.75, 3.05) is 13.2 Å². The van der Waals surface area contributed by atoms with Gasteiger partial charge in [-0.25, -0.2) is 0 Å². The quantitative estimate of drug-likeness (QED) is 0.798. The van der Waals surface area contributed by atoms with Crippen LogP contribution in [0.2, 0.25) is 0 Å². The minimum Gasteiger partial charge on any atom is -0.374 e. The van der Waals surface area contributed by atoms with Crippen LogP contribution in [0.15, 0.2) is 48.7 Å². The van der Waals surface area contributed by atoms with Crippen molar-refractivity contribution in [3.63, 3.8) is 0 Å². The molecule has 0 saturated carbocycles. The number of benzene rings is 1. The fourth-order valence-corrected chi connectivity index (χ4v) is 2.06. The van der Waals surface area contributed by atoms with Gasteiger partial charge in [-0.2, -0.15) is 0 Å². The number of nitrogens with zero attached hydrogens (tertiary/aromatic N) is 1. The molecule has 2 rings (SSSR count). The maximum atomic E-state index is 11.9. The molecule has 4 heteroatoms. The van der Waals surface area contributed by atoms with Crippen LogP contribution in [0, 0.1) is 6.92 Å². The summed E-state index contributed by atoms with van der Waals surface area (Å²) in [5.41, 5.74) is 2.65. The van der Waals surface area contributed by atoms with Gasteiger partial charge in [-0.05, 0) is 38.0 Å². The number of pyridine rings is 1. The predicted octanol–water partition coefficient (Wildman–Crippen LogP) is 3.29. The highest BCUT2D eigenvalue weighted by molar-refractivity contribution is 5.93. The number of hydrogen-bond donors (Lipinski definition) is 1. The molecule has 1 aromatic carbocycles. The lowest BCUT2D eigenvalue weighted by atomic mass is 10.1. The number of carbonyl (C=O) groups excluding carboxylic acids is 1. The van der Waals surface area contributed by atoms with Crippen molar-refractivity contribution < 1.29 is 9.53 Å². The van der Waals surface area contributed by atoms with Crippen LogP contribution in [0.4, 0.5) is 0 Å². The average molecular weight is 298 g/mol. The molecule has 22 heavy (non-hydrogen) atoms. The Kier molecular flexibility index (Phi) is 6.10. The van der Waals surface area contributed by atoms with Gasteiger partial charge in [-0.15, -0.1) is 0 Å². The van der Waals surface area contributed by atoms with Crippen LogP contribution in [0.25, 0.3) is 0 Å². The zero-order valence-corrected chi connectivity index (χ0v) is 13.1. The highest BCUT2D eigenvalue weighted by atomic mass is 16.5. The van der Waals surface area contributed by atoms with Crippen LogP contribution >= 0.6 is 0 Å². The molecule has 1 amide bonds. The highest BCUT2D eigenvalue weighted by Crippen LogP contribution is 2.15. The Bertz CT molecular complexity index is 582. The Morgan fingerprint density at radius 3 is 2.68 bits per heavy atom. The average Bonchev–Trinajstić information content (AvgIpc) is 2.55. The Morgan fingerprint density at radius 1 is 1.23 bits per heavy atom. The molecule has 116 valence electrons. The van der Waals surface area contributed by atoms with E-state index in [0.29, 0.717) is 18.7 Å². The van der Waals surface area contributed by atoms with Crippen molar-refractivity contribution in [2.24, 2.45) is 0 Å². The molecule has 0 fully saturated rings. The lowest BCUT2D eigenvalue weighted by molar-refractivity contribution is 0.0635. The van der Waals surface area contributed by atoms with E-state index in [1.54, 1.807) is 12.3 Å². The van der Waals surface area contributed by atoms with Crippen molar-refractivity contribution in [2.45, 2.75) is 26.4 Å². The second kappa shape index (κ2) is 8.29. The molecule has 1 heterocycles. The molecule has 0 spiro atoms. The van der Waals surface area contributed by atoms with Crippen LogP contribution < -0.4 is 5.32 Å². The van der Waals surface area contributed by atoms with Crippen LogP contribution in [0.5, 0.6) is 0 Å². The Hall–Kier alpha value is -2.20. The first-order valence-electron chi connectivity index (χ1n) is 7.54. The predicted molar refractivity (Wildman–Crippen MR) is 86.7 cm³/mol. The molecule has 0 saturated heterocycles. The van der Waals surface area contributed by atoms with Gasteiger partial charge in [0.25, 0.3) is 5.91 Å². The maximum Gasteiger partial charge on any atom is 0.252 e. The molecule has 4 nitrogen and oxygen atoms in total. The third-order valence-electron chi connectivity index (χ3n) is 3.42. The summed E-state index contributed by atoms with van der Waals surface area (Å²) in [6.45, 7) is 5.13. The summed E-state index contributed by atoms with van der Waals surface area (Å²) in [5, 5.41) is 2.87. The van der Waals surface area contributed by atoms with Gasteiger partial charge in [0.15, 0.2) is 0 Å². The minimum absolute atomic E-state index is 0.0678. The Labute approximate surface area is 131 Å². The first kappa shape index (κ1) is 16.2. The summed E-state index contributed by atoms with van der Waals surface area (Å²) in [6, 6.07) is 13.7. The SMILES string of the molecule is Cc1ccc(C(=O)NCCCO[C@@H](C)c2ccccc2)cn1. The molecule has 1 atom stereocenters. The smallest absolute Gasteiger partial charge is 0.252 e. The lowest BCUT2D eigenvalue weighted by Crippen LogP contribution is -2.25. The number of aromatic nitrogens is 1. The highest BCUT2D eigenvalue weighted by Gasteiger charge is 2.06. The van der Waals surface area contributed by atoms with E-state index in [-0.39, 0.29) is 12.0 Å². The summed E-state index contributed by atoms with van der Waals surface area (Å²) in [6.07, 6.45) is 2.44. The van der Waals surface area contributed by atoms with E-state index in [4.69, 9.17) is 4.74 Å². The van der Waals surface area contributed by atoms with Gasteiger partial charge in [0.05, 0.1) is 11.7 Å². The first-order valence-corrected chi connectivity index (χ1v) is 7.54. The normalized spacial score (nSPS) is 11.9. The zero-order valence-electron chi connectivity index (χ0n) is 13.1. The molecule has 0 aliphatic carbocycles. The van der Waals surface area contributed by atoms with Gasteiger partial charge in [-0.3, -0.25) is 9.78 Å². The second-order valence-corrected chi connectivity index (χ2v) is 5.22. The molecule has 0 aliphatic heterocycles. The first-order chi connectivity index (χ1) is 10.7. The van der Waals surface area contributed by atoms with E-state index < -0.39 is 0 Å². The van der Waals surface area contributed by atoms with Crippen LogP contribution in [-0.2, 0) is 4.74 Å². The van der Waals surface area contributed by atoms with Crippen LogP contribution in [0.1, 0.15) is 41.1 Å². The number of nitrogens with one attached hydrogen (secondary N) is 1. The van der Waals surface area contributed by atoms with Crippen LogP contribution in [-0.4, -0.2) is 24.0 Å². The van der Waals surface area contributed by atoms with Gasteiger partial charge in [0.1, 0.15) is 0 Å². The molecule has 0 aliphatic rings. The number of carbonyl (C=O) groups is 1. The van der Waals surface area contributed by atoms with E-state index in [9.17, 15) is 4.79 Å². The minimum atomic E-state index is -0.0939. The molecule has 0 radical (unpaired) electrons. The molecule has 1 N–H and O–H groups in total. The van der Waals surface area contributed by atoms with Crippen molar-refractivity contribution in [3.8, 4) is 0 Å². The van der Waals surface area contributed by atoms with E-state index in [1.165, 1.54) is 0 Å². The zero-order chi connectivity index (χ0) is 15.8. The second-order valence-electron chi connectivity index (χ2n) is 5.22. The number of hydrogen-bond acceptors (Lipinski definition) is 3. The molecule has 2 aromatic rings. The fourth-order valence-electron chi connectivity index (χ4n) is 2.06. The number of ether oxygens (including phenoxy) is 1.